The molecule has 2 aromatic heterocycles. The van der Waals surface area contributed by atoms with Crippen molar-refractivity contribution in [3.63, 3.8) is 0 Å². The summed E-state index contributed by atoms with van der Waals surface area (Å²) in [5.41, 5.74) is 9.89. The molecule has 6 heteroatoms. The maximum atomic E-state index is 11.7. The van der Waals surface area contributed by atoms with Crippen LogP contribution in [-0.2, 0) is 12.8 Å². The van der Waals surface area contributed by atoms with Crippen LogP contribution in [0.3, 0.4) is 0 Å². The maximum Gasteiger partial charge on any atom is 0.252 e. The fourth-order valence-electron chi connectivity index (χ4n) is 2.63. The summed E-state index contributed by atoms with van der Waals surface area (Å²) in [6, 6.07) is 1.87. The topological polar surface area (TPSA) is 73.8 Å². The molecular formula is C14H15BrN4O. The Balaban J connectivity index is 2.27. The number of nitrogens with zero attached hydrogens (tertiary/aromatic N) is 3. The Kier molecular flexibility index (Phi) is 3.12. The number of aryl methyl sites for hydroxylation is 3. The zero-order valence-corrected chi connectivity index (χ0v) is 13.0. The van der Waals surface area contributed by atoms with Gasteiger partial charge in [0.15, 0.2) is 5.82 Å². The van der Waals surface area contributed by atoms with Gasteiger partial charge in [0, 0.05) is 5.69 Å². The van der Waals surface area contributed by atoms with E-state index in [4.69, 9.17) is 5.73 Å². The second-order valence-electron chi connectivity index (χ2n) is 5.08. The molecule has 5 nitrogen and oxygen atoms in total. The number of nitrogens with two attached hydrogens (primary N) is 1. The standard InChI is InChI=1S/C14H15BrN4O/c1-7-12(15)8(2)19(18-7)14-10(13(16)20)6-9-4-3-5-11(9)17-14/h6H,3-5H2,1-2H3,(H2,16,20). The second kappa shape index (κ2) is 4.70. The molecule has 20 heavy (non-hydrogen) atoms. The van der Waals surface area contributed by atoms with Crippen molar-refractivity contribution in [2.24, 2.45) is 5.73 Å². The first kappa shape index (κ1) is 13.3. The lowest BCUT2D eigenvalue weighted by atomic mass is 10.1. The van der Waals surface area contributed by atoms with Crippen LogP contribution in [0.5, 0.6) is 0 Å². The Labute approximate surface area is 125 Å². The molecule has 0 saturated heterocycles. The summed E-state index contributed by atoms with van der Waals surface area (Å²) < 4.78 is 2.62. The molecule has 0 atom stereocenters. The second-order valence-corrected chi connectivity index (χ2v) is 5.87. The molecule has 0 aliphatic heterocycles. The number of pyridine rings is 1. The van der Waals surface area contributed by atoms with Crippen LogP contribution >= 0.6 is 15.9 Å². The summed E-state index contributed by atoms with van der Waals surface area (Å²) in [7, 11) is 0. The van der Waals surface area contributed by atoms with Gasteiger partial charge in [-0.05, 0) is 60.7 Å². The average Bonchev–Trinajstić information content (AvgIpc) is 2.97. The van der Waals surface area contributed by atoms with Crippen LogP contribution < -0.4 is 5.73 Å². The van der Waals surface area contributed by atoms with Crippen molar-refractivity contribution in [2.75, 3.05) is 0 Å². The zero-order valence-electron chi connectivity index (χ0n) is 11.4. The zero-order chi connectivity index (χ0) is 14.4. The van der Waals surface area contributed by atoms with Crippen molar-refractivity contribution in [3.05, 3.63) is 38.7 Å². The predicted molar refractivity (Wildman–Crippen MR) is 79.1 cm³/mol. The molecule has 1 aliphatic carbocycles. The molecule has 0 spiro atoms. The van der Waals surface area contributed by atoms with Gasteiger partial charge >= 0.3 is 0 Å². The lowest BCUT2D eigenvalue weighted by Crippen LogP contribution is -2.18. The molecule has 2 heterocycles. The number of halogens is 1. The molecule has 1 aliphatic rings. The lowest BCUT2D eigenvalue weighted by molar-refractivity contribution is 0.0999. The van der Waals surface area contributed by atoms with Gasteiger partial charge in [-0.1, -0.05) is 0 Å². The smallest absolute Gasteiger partial charge is 0.252 e. The minimum Gasteiger partial charge on any atom is -0.365 e. The molecule has 1 amide bonds. The van der Waals surface area contributed by atoms with Crippen LogP contribution in [-0.4, -0.2) is 20.7 Å². The van der Waals surface area contributed by atoms with Crippen molar-refractivity contribution in [1.82, 2.24) is 14.8 Å². The van der Waals surface area contributed by atoms with E-state index in [9.17, 15) is 4.79 Å². The molecule has 0 bridgehead atoms. The molecule has 0 unspecified atom stereocenters. The first-order chi connectivity index (χ1) is 9.49. The highest BCUT2D eigenvalue weighted by molar-refractivity contribution is 9.10. The molecule has 2 aromatic rings. The summed E-state index contributed by atoms with van der Waals surface area (Å²) in [5.74, 6) is 0.0651. The SMILES string of the molecule is Cc1nn(-c2nc3c(cc2C(N)=O)CCC3)c(C)c1Br. The number of hydrogen-bond donors (Lipinski definition) is 1. The number of hydrogen-bond acceptors (Lipinski definition) is 3. The molecular weight excluding hydrogens is 320 g/mol. The molecule has 104 valence electrons. The number of amides is 1. The Morgan fingerprint density at radius 2 is 2.15 bits per heavy atom. The first-order valence-corrected chi connectivity index (χ1v) is 7.33. The maximum absolute atomic E-state index is 11.7. The van der Waals surface area contributed by atoms with E-state index in [1.807, 2.05) is 19.9 Å². The summed E-state index contributed by atoms with van der Waals surface area (Å²) in [5, 5.41) is 4.45. The van der Waals surface area contributed by atoms with E-state index in [1.54, 1.807) is 4.68 Å². The Morgan fingerprint density at radius 1 is 1.40 bits per heavy atom. The van der Waals surface area contributed by atoms with Gasteiger partial charge in [-0.2, -0.15) is 5.10 Å². The fraction of sp³-hybridized carbons (Fsp3) is 0.357. The van der Waals surface area contributed by atoms with Crippen LogP contribution in [0.15, 0.2) is 10.5 Å². The van der Waals surface area contributed by atoms with Gasteiger partial charge in [-0.3, -0.25) is 4.79 Å². The minimum absolute atomic E-state index is 0.434. The fourth-order valence-corrected chi connectivity index (χ4v) is 2.88. The van der Waals surface area contributed by atoms with Gasteiger partial charge in [-0.25, -0.2) is 9.67 Å². The number of carbonyl (C=O) groups excluding carboxylic acids is 1. The number of rotatable bonds is 2. The molecule has 2 N–H and O–H groups in total. The van der Waals surface area contributed by atoms with E-state index >= 15 is 0 Å². The number of primary amides is 1. The van der Waals surface area contributed by atoms with E-state index in [2.05, 4.69) is 26.0 Å². The van der Waals surface area contributed by atoms with Crippen molar-refractivity contribution < 1.29 is 4.79 Å². The van der Waals surface area contributed by atoms with Crippen molar-refractivity contribution in [2.45, 2.75) is 33.1 Å². The third-order valence-corrected chi connectivity index (χ3v) is 4.85. The highest BCUT2D eigenvalue weighted by Gasteiger charge is 2.22. The van der Waals surface area contributed by atoms with E-state index in [-0.39, 0.29) is 0 Å². The molecule has 0 radical (unpaired) electrons. The highest BCUT2D eigenvalue weighted by Crippen LogP contribution is 2.27. The quantitative estimate of drug-likeness (QED) is 0.915. The number of carbonyl (C=O) groups is 1. The summed E-state index contributed by atoms with van der Waals surface area (Å²) in [6.07, 6.45) is 2.98. The number of fused-ring (bicyclic) bond motifs is 1. The van der Waals surface area contributed by atoms with Crippen LogP contribution in [0.2, 0.25) is 0 Å². The lowest BCUT2D eigenvalue weighted by Gasteiger charge is -2.10. The van der Waals surface area contributed by atoms with E-state index in [1.165, 1.54) is 0 Å². The van der Waals surface area contributed by atoms with E-state index in [0.29, 0.717) is 11.4 Å². The highest BCUT2D eigenvalue weighted by atomic mass is 79.9. The van der Waals surface area contributed by atoms with Gasteiger partial charge < -0.3 is 5.73 Å². The molecule has 3 rings (SSSR count). The van der Waals surface area contributed by atoms with Gasteiger partial charge in [-0.15, -0.1) is 0 Å². The van der Waals surface area contributed by atoms with Gasteiger partial charge in [0.1, 0.15) is 0 Å². The summed E-state index contributed by atoms with van der Waals surface area (Å²) in [6.45, 7) is 3.84. The monoisotopic (exact) mass is 334 g/mol. The minimum atomic E-state index is -0.467. The third-order valence-electron chi connectivity index (χ3n) is 3.70. The molecule has 0 saturated carbocycles. The van der Waals surface area contributed by atoms with E-state index in [0.717, 1.165) is 46.4 Å². The average molecular weight is 335 g/mol. The molecule has 0 aromatic carbocycles. The Hall–Kier alpha value is -1.69. The summed E-state index contributed by atoms with van der Waals surface area (Å²) >= 11 is 3.49. The normalized spacial score (nSPS) is 13.6. The van der Waals surface area contributed by atoms with Gasteiger partial charge in [0.25, 0.3) is 5.91 Å². The van der Waals surface area contributed by atoms with Crippen LogP contribution in [0.4, 0.5) is 0 Å². The Bertz CT molecular complexity index is 720. The van der Waals surface area contributed by atoms with Crippen molar-refractivity contribution in [3.8, 4) is 5.82 Å². The van der Waals surface area contributed by atoms with Crippen molar-refractivity contribution >= 4 is 21.8 Å². The van der Waals surface area contributed by atoms with Crippen LogP contribution in [0, 0.1) is 13.8 Å². The third kappa shape index (κ3) is 1.95. The first-order valence-electron chi connectivity index (χ1n) is 6.53. The Morgan fingerprint density at radius 3 is 2.75 bits per heavy atom. The van der Waals surface area contributed by atoms with Gasteiger partial charge in [0.2, 0.25) is 0 Å². The predicted octanol–water partition coefficient (Wildman–Crippen LogP) is 2.23. The van der Waals surface area contributed by atoms with Gasteiger partial charge in [0.05, 0.1) is 21.4 Å². The molecule has 0 fully saturated rings. The van der Waals surface area contributed by atoms with E-state index < -0.39 is 5.91 Å². The largest absolute Gasteiger partial charge is 0.365 e. The van der Waals surface area contributed by atoms with Crippen LogP contribution in [0.25, 0.3) is 5.82 Å². The number of aromatic nitrogens is 3. The van der Waals surface area contributed by atoms with Crippen LogP contribution in [0.1, 0.15) is 39.4 Å². The van der Waals surface area contributed by atoms with Crippen molar-refractivity contribution in [1.29, 1.82) is 0 Å². The summed E-state index contributed by atoms with van der Waals surface area (Å²) in [4.78, 5) is 16.4.